The summed E-state index contributed by atoms with van der Waals surface area (Å²) in [5, 5.41) is 5.36. The molecule has 2 aliphatic rings. The van der Waals surface area contributed by atoms with Crippen LogP contribution in [0, 0.1) is 13.8 Å². The summed E-state index contributed by atoms with van der Waals surface area (Å²) >= 11 is 0. The fourth-order valence-electron chi connectivity index (χ4n) is 6.97. The Labute approximate surface area is 236 Å². The molecule has 0 saturated carbocycles. The van der Waals surface area contributed by atoms with E-state index in [0.29, 0.717) is 0 Å². The Morgan fingerprint density at radius 2 is 1.28 bits per heavy atom. The standard InChI is InChI=1S/C35H37N2.2CH4/c1-22-12-16-26-24(20-22)14-18-28-32(26)34(3,4)30(36(28)7)10-9-11-31-35(5,6)33-27-17-13-23(2)21-25(27)15-19-29(33)37(31)8;;/h9-21H,1-8H3;2*1H4/q+1;;. The Kier molecular flexibility index (Phi) is 6.92. The summed E-state index contributed by atoms with van der Waals surface area (Å²) < 4.78 is 2.37. The number of fused-ring (bicyclic) bond motifs is 6. The van der Waals surface area contributed by atoms with E-state index in [-0.39, 0.29) is 25.7 Å². The molecule has 0 radical (unpaired) electrons. The molecule has 0 fully saturated rings. The van der Waals surface area contributed by atoms with Gasteiger partial charge in [-0.2, -0.15) is 4.58 Å². The van der Waals surface area contributed by atoms with Crippen molar-refractivity contribution in [3.8, 4) is 0 Å². The van der Waals surface area contributed by atoms with Gasteiger partial charge < -0.3 is 4.90 Å². The molecule has 0 unspecified atom stereocenters. The lowest BCUT2D eigenvalue weighted by Gasteiger charge is -2.24. The van der Waals surface area contributed by atoms with Gasteiger partial charge in [0.15, 0.2) is 5.71 Å². The minimum Gasteiger partial charge on any atom is -0.347 e. The van der Waals surface area contributed by atoms with Crippen molar-refractivity contribution in [1.82, 2.24) is 0 Å². The number of benzene rings is 4. The maximum Gasteiger partial charge on any atom is 0.210 e. The number of hydrogen-bond acceptors (Lipinski definition) is 1. The van der Waals surface area contributed by atoms with Crippen LogP contribution in [-0.2, 0) is 10.8 Å². The third-order valence-corrected chi connectivity index (χ3v) is 8.79. The molecule has 2 aliphatic heterocycles. The Hall–Kier alpha value is -3.65. The summed E-state index contributed by atoms with van der Waals surface area (Å²) in [7, 11) is 4.41. The van der Waals surface area contributed by atoms with Gasteiger partial charge >= 0.3 is 0 Å². The van der Waals surface area contributed by atoms with Crippen molar-refractivity contribution < 1.29 is 4.58 Å². The van der Waals surface area contributed by atoms with Crippen LogP contribution in [0.1, 0.15) is 64.8 Å². The van der Waals surface area contributed by atoms with Crippen molar-refractivity contribution in [2.75, 3.05) is 19.0 Å². The van der Waals surface area contributed by atoms with Crippen molar-refractivity contribution in [2.24, 2.45) is 0 Å². The van der Waals surface area contributed by atoms with E-state index in [9.17, 15) is 0 Å². The average molecular weight is 518 g/mol. The first-order chi connectivity index (χ1) is 17.5. The van der Waals surface area contributed by atoms with E-state index in [4.69, 9.17) is 0 Å². The van der Waals surface area contributed by atoms with E-state index in [1.165, 1.54) is 66.6 Å². The summed E-state index contributed by atoms with van der Waals surface area (Å²) in [6, 6.07) is 22.8. The van der Waals surface area contributed by atoms with Crippen LogP contribution >= 0.6 is 0 Å². The van der Waals surface area contributed by atoms with Gasteiger partial charge in [0.2, 0.25) is 5.69 Å². The highest BCUT2D eigenvalue weighted by Crippen LogP contribution is 2.50. The monoisotopic (exact) mass is 517 g/mol. The Morgan fingerprint density at radius 3 is 1.90 bits per heavy atom. The fourth-order valence-corrected chi connectivity index (χ4v) is 6.97. The number of anilines is 1. The van der Waals surface area contributed by atoms with Crippen LogP contribution < -0.4 is 4.90 Å². The predicted octanol–water partition coefficient (Wildman–Crippen LogP) is 9.76. The molecule has 2 nitrogen and oxygen atoms in total. The van der Waals surface area contributed by atoms with Gasteiger partial charge in [-0.3, -0.25) is 0 Å². The second kappa shape index (κ2) is 9.52. The largest absolute Gasteiger partial charge is 0.347 e. The number of aryl methyl sites for hydroxylation is 2. The first kappa shape index (κ1) is 28.4. The normalized spacial score (nSPS) is 18.1. The zero-order valence-electron chi connectivity index (χ0n) is 23.4. The molecule has 0 bridgehead atoms. The number of hydrogen-bond donors (Lipinski definition) is 0. The molecule has 0 spiro atoms. The van der Waals surface area contributed by atoms with Crippen molar-refractivity contribution in [2.45, 2.75) is 67.2 Å². The van der Waals surface area contributed by atoms with E-state index in [0.717, 1.165) is 0 Å². The highest BCUT2D eigenvalue weighted by Gasteiger charge is 2.44. The van der Waals surface area contributed by atoms with Gasteiger partial charge in [0, 0.05) is 41.6 Å². The average Bonchev–Trinajstić information content (AvgIpc) is 3.17. The maximum atomic E-state index is 2.37. The lowest BCUT2D eigenvalue weighted by atomic mass is 9.78. The molecule has 0 aliphatic carbocycles. The molecule has 39 heavy (non-hydrogen) atoms. The molecule has 6 rings (SSSR count). The van der Waals surface area contributed by atoms with E-state index in [1.54, 1.807) is 0 Å². The van der Waals surface area contributed by atoms with Crippen molar-refractivity contribution in [1.29, 1.82) is 0 Å². The number of rotatable bonds is 2. The fraction of sp³-hybridized carbons (Fsp3) is 0.324. The quantitative estimate of drug-likeness (QED) is 0.240. The van der Waals surface area contributed by atoms with Gasteiger partial charge in [0.25, 0.3) is 0 Å². The molecule has 2 heteroatoms. The first-order valence-corrected chi connectivity index (χ1v) is 13.3. The summed E-state index contributed by atoms with van der Waals surface area (Å²) in [5.41, 5.74) is 10.6. The Balaban J connectivity index is 0.00000176. The summed E-state index contributed by atoms with van der Waals surface area (Å²) in [5.74, 6) is 0. The van der Waals surface area contributed by atoms with E-state index in [1.807, 2.05) is 0 Å². The van der Waals surface area contributed by atoms with Gasteiger partial charge in [-0.15, -0.1) is 0 Å². The highest BCUT2D eigenvalue weighted by molar-refractivity contribution is 6.07. The van der Waals surface area contributed by atoms with Crippen LogP contribution in [0.25, 0.3) is 21.5 Å². The third-order valence-electron chi connectivity index (χ3n) is 8.79. The van der Waals surface area contributed by atoms with Crippen LogP contribution in [0.15, 0.2) is 84.6 Å². The van der Waals surface area contributed by atoms with Gasteiger partial charge in [0.05, 0.1) is 5.41 Å². The maximum absolute atomic E-state index is 2.37. The minimum absolute atomic E-state index is 0. The molecule has 0 amide bonds. The lowest BCUT2D eigenvalue weighted by Crippen LogP contribution is -2.27. The van der Waals surface area contributed by atoms with Crippen LogP contribution in [-0.4, -0.2) is 24.4 Å². The molecule has 4 aromatic carbocycles. The first-order valence-electron chi connectivity index (χ1n) is 13.3. The predicted molar refractivity (Wildman–Crippen MR) is 173 cm³/mol. The zero-order valence-corrected chi connectivity index (χ0v) is 23.4. The van der Waals surface area contributed by atoms with E-state index in [2.05, 4.69) is 144 Å². The smallest absolute Gasteiger partial charge is 0.210 e. The van der Waals surface area contributed by atoms with Crippen LogP contribution in [0.3, 0.4) is 0 Å². The van der Waals surface area contributed by atoms with Crippen LogP contribution in [0.4, 0.5) is 11.4 Å². The van der Waals surface area contributed by atoms with Crippen LogP contribution in [0.5, 0.6) is 0 Å². The zero-order chi connectivity index (χ0) is 26.3. The molecule has 0 saturated heterocycles. The van der Waals surface area contributed by atoms with Crippen molar-refractivity contribution >= 4 is 38.6 Å². The number of nitrogens with zero attached hydrogens (tertiary/aromatic N) is 2. The minimum atomic E-state index is -0.0814. The number of allylic oxidation sites excluding steroid dienone is 4. The van der Waals surface area contributed by atoms with Gasteiger partial charge in [-0.1, -0.05) is 88.4 Å². The highest BCUT2D eigenvalue weighted by atomic mass is 15.2. The third kappa shape index (κ3) is 4.04. The van der Waals surface area contributed by atoms with Gasteiger partial charge in [-0.05, 0) is 73.0 Å². The molecule has 2 heterocycles. The van der Waals surface area contributed by atoms with Crippen molar-refractivity contribution in [3.63, 3.8) is 0 Å². The molecule has 0 aromatic heterocycles. The second-order valence-electron chi connectivity index (χ2n) is 12.0. The van der Waals surface area contributed by atoms with E-state index >= 15 is 0 Å². The SMILES string of the molecule is C.C.Cc1ccc2c3c(ccc2c1)N(C)C(=CC=CC1=[N+](C)c2ccc4cc(C)ccc4c2C1(C)C)C3(C)C. The number of likely N-dealkylation sites (N-methyl/N-ethyl adjacent to an activating group) is 1. The Bertz CT molecular complexity index is 1710. The Morgan fingerprint density at radius 1 is 0.718 bits per heavy atom. The molecule has 4 aromatic rings. The molecule has 0 atom stereocenters. The summed E-state index contributed by atoms with van der Waals surface area (Å²) in [6.07, 6.45) is 6.90. The van der Waals surface area contributed by atoms with Crippen LogP contribution in [0.2, 0.25) is 0 Å². The summed E-state index contributed by atoms with van der Waals surface area (Å²) in [6.45, 7) is 13.8. The van der Waals surface area contributed by atoms with Gasteiger partial charge in [0.1, 0.15) is 7.05 Å². The second-order valence-corrected chi connectivity index (χ2v) is 12.0. The summed E-state index contributed by atoms with van der Waals surface area (Å²) in [4.78, 5) is 2.37. The molecular weight excluding hydrogens is 472 g/mol. The topological polar surface area (TPSA) is 6.25 Å². The molecule has 0 N–H and O–H groups in total. The van der Waals surface area contributed by atoms with Crippen molar-refractivity contribution in [3.05, 3.63) is 107 Å². The molecule has 202 valence electrons. The van der Waals surface area contributed by atoms with Gasteiger partial charge in [-0.25, -0.2) is 0 Å². The van der Waals surface area contributed by atoms with E-state index < -0.39 is 0 Å². The molecular formula is C37H45N2+. The lowest BCUT2D eigenvalue weighted by molar-refractivity contribution is -0.401.